The molecule has 1 fully saturated rings. The van der Waals surface area contributed by atoms with Gasteiger partial charge in [0.1, 0.15) is 22.6 Å². The van der Waals surface area contributed by atoms with E-state index < -0.39 is 17.7 Å². The number of carbonyl (C=O) groups excluding carboxylic acids is 2. The number of fused-ring (bicyclic) bond motifs is 1. The molecule has 3 heterocycles. The standard InChI is InChI=1S/C23H18BrN3O4S/c1-11-9-15-10-14(5-8-17(15)31-11)20(28)18-19(13-3-6-16(24)7-4-13)27(22(30)21(18)29)23-26-25-12(2)32-23/h3-8,10-11,19,28H,9H2,1-2H3/b20-18-. The first-order valence-electron chi connectivity index (χ1n) is 10.00. The lowest BCUT2D eigenvalue weighted by atomic mass is 9.94. The highest BCUT2D eigenvalue weighted by Gasteiger charge is 2.48. The second-order valence-electron chi connectivity index (χ2n) is 7.78. The van der Waals surface area contributed by atoms with Crippen molar-refractivity contribution in [2.45, 2.75) is 32.4 Å². The zero-order chi connectivity index (χ0) is 22.6. The number of ketones is 1. The Kier molecular flexibility index (Phi) is 5.10. The van der Waals surface area contributed by atoms with E-state index in [9.17, 15) is 14.7 Å². The number of benzene rings is 2. The second-order valence-corrected chi connectivity index (χ2v) is 9.86. The minimum absolute atomic E-state index is 0.0251. The van der Waals surface area contributed by atoms with Crippen LogP contribution in [0.15, 0.2) is 52.5 Å². The molecule has 2 aromatic carbocycles. The maximum Gasteiger partial charge on any atom is 0.301 e. The smallest absolute Gasteiger partial charge is 0.301 e. The van der Waals surface area contributed by atoms with E-state index in [0.29, 0.717) is 27.7 Å². The number of anilines is 1. The average molecular weight is 512 g/mol. The molecule has 1 amide bonds. The Labute approximate surface area is 196 Å². The van der Waals surface area contributed by atoms with Crippen LogP contribution in [0.2, 0.25) is 0 Å². The normalized spacial score (nSPS) is 21.7. The van der Waals surface area contributed by atoms with Crippen LogP contribution in [0.1, 0.15) is 34.7 Å². The maximum atomic E-state index is 13.2. The molecule has 1 aromatic heterocycles. The van der Waals surface area contributed by atoms with Crippen LogP contribution in [0, 0.1) is 6.92 Å². The summed E-state index contributed by atoms with van der Waals surface area (Å²) in [5.74, 6) is -0.951. The van der Waals surface area contributed by atoms with Gasteiger partial charge in [0, 0.05) is 16.5 Å². The predicted molar refractivity (Wildman–Crippen MR) is 124 cm³/mol. The van der Waals surface area contributed by atoms with Crippen molar-refractivity contribution in [3.05, 3.63) is 74.2 Å². The summed E-state index contributed by atoms with van der Waals surface area (Å²) in [6.07, 6.45) is 0.765. The van der Waals surface area contributed by atoms with Crippen molar-refractivity contribution in [1.82, 2.24) is 10.2 Å². The Bertz CT molecular complexity index is 1280. The summed E-state index contributed by atoms with van der Waals surface area (Å²) in [6.45, 7) is 3.75. The van der Waals surface area contributed by atoms with Crippen LogP contribution in [0.25, 0.3) is 5.76 Å². The van der Waals surface area contributed by atoms with Crippen LogP contribution in [0.5, 0.6) is 5.75 Å². The first kappa shape index (κ1) is 20.8. The van der Waals surface area contributed by atoms with Gasteiger partial charge in [-0.1, -0.05) is 39.4 Å². The fourth-order valence-electron chi connectivity index (χ4n) is 4.10. The number of halogens is 1. The molecule has 162 valence electrons. The van der Waals surface area contributed by atoms with Gasteiger partial charge in [0.15, 0.2) is 0 Å². The molecule has 2 unspecified atom stereocenters. The van der Waals surface area contributed by atoms with Crippen molar-refractivity contribution in [3.8, 4) is 5.75 Å². The number of hydrogen-bond acceptors (Lipinski definition) is 7. The molecule has 0 radical (unpaired) electrons. The minimum Gasteiger partial charge on any atom is -0.507 e. The molecule has 3 aromatic rings. The van der Waals surface area contributed by atoms with E-state index in [1.807, 2.05) is 37.3 Å². The molecule has 1 N–H and O–H groups in total. The monoisotopic (exact) mass is 511 g/mol. The van der Waals surface area contributed by atoms with Crippen LogP contribution >= 0.6 is 27.3 Å². The number of aliphatic hydroxyl groups is 1. The third kappa shape index (κ3) is 3.41. The molecule has 2 aliphatic rings. The molecule has 0 saturated carbocycles. The van der Waals surface area contributed by atoms with E-state index in [1.54, 1.807) is 19.1 Å². The quantitative estimate of drug-likeness (QED) is 0.314. The second kappa shape index (κ2) is 7.83. The lowest BCUT2D eigenvalue weighted by Gasteiger charge is -2.22. The maximum absolute atomic E-state index is 13.2. The summed E-state index contributed by atoms with van der Waals surface area (Å²) in [4.78, 5) is 27.6. The van der Waals surface area contributed by atoms with Crippen LogP contribution in [-0.2, 0) is 16.0 Å². The van der Waals surface area contributed by atoms with Gasteiger partial charge in [-0.25, -0.2) is 0 Å². The summed E-state index contributed by atoms with van der Waals surface area (Å²) in [5, 5.41) is 20.3. The fraction of sp³-hybridized carbons (Fsp3) is 0.217. The van der Waals surface area contributed by atoms with Crippen molar-refractivity contribution in [1.29, 1.82) is 0 Å². The lowest BCUT2D eigenvalue weighted by molar-refractivity contribution is -0.132. The number of nitrogens with zero attached hydrogens (tertiary/aromatic N) is 3. The van der Waals surface area contributed by atoms with Crippen molar-refractivity contribution < 1.29 is 19.4 Å². The number of Topliss-reactive ketones (excluding diaryl/α,β-unsaturated/α-hetero) is 1. The zero-order valence-electron chi connectivity index (χ0n) is 17.2. The molecule has 7 nitrogen and oxygen atoms in total. The Morgan fingerprint density at radius 1 is 1.19 bits per heavy atom. The van der Waals surface area contributed by atoms with Crippen LogP contribution < -0.4 is 9.64 Å². The van der Waals surface area contributed by atoms with E-state index >= 15 is 0 Å². The zero-order valence-corrected chi connectivity index (χ0v) is 19.6. The van der Waals surface area contributed by atoms with Gasteiger partial charge >= 0.3 is 5.91 Å². The first-order chi connectivity index (χ1) is 15.3. The van der Waals surface area contributed by atoms with Gasteiger partial charge in [-0.15, -0.1) is 10.2 Å². The summed E-state index contributed by atoms with van der Waals surface area (Å²) in [7, 11) is 0. The van der Waals surface area contributed by atoms with E-state index in [1.165, 1.54) is 16.2 Å². The molecule has 1 saturated heterocycles. The highest BCUT2D eigenvalue weighted by Crippen LogP contribution is 2.43. The van der Waals surface area contributed by atoms with Gasteiger partial charge in [0.25, 0.3) is 5.78 Å². The predicted octanol–water partition coefficient (Wildman–Crippen LogP) is 4.56. The van der Waals surface area contributed by atoms with E-state index in [-0.39, 0.29) is 17.4 Å². The summed E-state index contributed by atoms with van der Waals surface area (Å²) < 4.78 is 6.60. The van der Waals surface area contributed by atoms with Gasteiger partial charge < -0.3 is 9.84 Å². The Morgan fingerprint density at radius 2 is 1.94 bits per heavy atom. The topological polar surface area (TPSA) is 92.6 Å². The van der Waals surface area contributed by atoms with Gasteiger partial charge in [-0.3, -0.25) is 14.5 Å². The molecule has 2 aliphatic heterocycles. The van der Waals surface area contributed by atoms with Gasteiger partial charge in [0.2, 0.25) is 5.13 Å². The third-order valence-corrected chi connectivity index (χ3v) is 6.89. The first-order valence-corrected chi connectivity index (χ1v) is 11.6. The van der Waals surface area contributed by atoms with Crippen molar-refractivity contribution >= 4 is 49.8 Å². The lowest BCUT2D eigenvalue weighted by Crippen LogP contribution is -2.29. The Balaban J connectivity index is 1.68. The van der Waals surface area contributed by atoms with Crippen LogP contribution in [0.3, 0.4) is 0 Å². The number of aryl methyl sites for hydroxylation is 1. The van der Waals surface area contributed by atoms with Gasteiger partial charge in [0.05, 0.1) is 11.6 Å². The Hall–Kier alpha value is -3.04. The summed E-state index contributed by atoms with van der Waals surface area (Å²) in [5.41, 5.74) is 2.13. The van der Waals surface area contributed by atoms with E-state index in [4.69, 9.17) is 4.74 Å². The number of ether oxygens (including phenoxy) is 1. The number of rotatable bonds is 3. The van der Waals surface area contributed by atoms with Crippen molar-refractivity contribution in [3.63, 3.8) is 0 Å². The minimum atomic E-state index is -0.820. The highest BCUT2D eigenvalue weighted by molar-refractivity contribution is 9.10. The number of amides is 1. The number of aliphatic hydroxyl groups excluding tert-OH is 1. The fourth-order valence-corrected chi connectivity index (χ4v) is 5.08. The SMILES string of the molecule is Cc1nnc(N2C(=O)C(=O)/C(=C(\O)c3ccc4c(c3)CC(C)O4)C2c2ccc(Br)cc2)s1. The van der Waals surface area contributed by atoms with E-state index in [2.05, 4.69) is 26.1 Å². The highest BCUT2D eigenvalue weighted by atomic mass is 79.9. The number of carbonyl (C=O) groups is 2. The number of aromatic nitrogens is 2. The molecule has 9 heteroatoms. The molecular weight excluding hydrogens is 494 g/mol. The van der Waals surface area contributed by atoms with Crippen LogP contribution in [-0.4, -0.2) is 33.1 Å². The molecule has 0 spiro atoms. The summed E-state index contributed by atoms with van der Waals surface area (Å²) >= 11 is 4.63. The number of hydrogen-bond donors (Lipinski definition) is 1. The van der Waals surface area contributed by atoms with Crippen LogP contribution in [0.4, 0.5) is 5.13 Å². The largest absolute Gasteiger partial charge is 0.507 e. The molecule has 5 rings (SSSR count). The summed E-state index contributed by atoms with van der Waals surface area (Å²) in [6, 6.07) is 11.8. The Morgan fingerprint density at radius 3 is 2.62 bits per heavy atom. The molecule has 2 atom stereocenters. The molecular formula is C23H18BrN3O4S. The van der Waals surface area contributed by atoms with Gasteiger partial charge in [-0.2, -0.15) is 0 Å². The van der Waals surface area contributed by atoms with Gasteiger partial charge in [-0.05, 0) is 55.3 Å². The van der Waals surface area contributed by atoms with Crippen molar-refractivity contribution in [2.75, 3.05) is 4.90 Å². The average Bonchev–Trinajstić information content (AvgIpc) is 3.43. The van der Waals surface area contributed by atoms with Crippen molar-refractivity contribution in [2.24, 2.45) is 0 Å². The molecule has 0 bridgehead atoms. The molecule has 0 aliphatic carbocycles. The van der Waals surface area contributed by atoms with E-state index in [0.717, 1.165) is 15.8 Å². The molecule has 32 heavy (non-hydrogen) atoms. The third-order valence-electron chi connectivity index (χ3n) is 5.52.